The van der Waals surface area contributed by atoms with Crippen LogP contribution in [-0.4, -0.2) is 23.8 Å². The van der Waals surface area contributed by atoms with Crippen LogP contribution in [-0.2, 0) is 17.9 Å². The SMILES string of the molecule is CC(=O)NCc1ccc(C(=O)N(C)Cc2ccccc2C)cc1. The molecule has 0 aliphatic carbocycles. The Labute approximate surface area is 137 Å². The first-order chi connectivity index (χ1) is 11.0. The molecule has 0 fully saturated rings. The van der Waals surface area contributed by atoms with Gasteiger partial charge in [0.1, 0.15) is 0 Å². The summed E-state index contributed by atoms with van der Waals surface area (Å²) in [7, 11) is 1.81. The molecule has 0 saturated carbocycles. The van der Waals surface area contributed by atoms with Crippen molar-refractivity contribution in [3.8, 4) is 0 Å². The molecule has 0 aliphatic heterocycles. The number of hydrogen-bond acceptors (Lipinski definition) is 2. The van der Waals surface area contributed by atoms with Crippen LogP contribution in [0.1, 0.15) is 34.0 Å². The summed E-state index contributed by atoms with van der Waals surface area (Å²) in [6.45, 7) is 4.59. The van der Waals surface area contributed by atoms with Gasteiger partial charge in [0.2, 0.25) is 5.91 Å². The highest BCUT2D eigenvalue weighted by atomic mass is 16.2. The number of amides is 2. The number of hydrogen-bond donors (Lipinski definition) is 1. The van der Waals surface area contributed by atoms with E-state index in [-0.39, 0.29) is 11.8 Å². The molecule has 0 aliphatic rings. The second-order valence-electron chi connectivity index (χ2n) is 5.69. The van der Waals surface area contributed by atoms with Crippen molar-refractivity contribution in [3.05, 3.63) is 70.8 Å². The van der Waals surface area contributed by atoms with E-state index in [1.54, 1.807) is 24.1 Å². The maximum atomic E-state index is 12.5. The predicted molar refractivity (Wildman–Crippen MR) is 90.9 cm³/mol. The largest absolute Gasteiger partial charge is 0.352 e. The number of rotatable bonds is 5. The van der Waals surface area contributed by atoms with Gasteiger partial charge in [0.05, 0.1) is 0 Å². The Morgan fingerprint density at radius 2 is 1.70 bits per heavy atom. The minimum absolute atomic E-state index is 0.0145. The Kier molecular flexibility index (Phi) is 5.52. The molecule has 2 aromatic carbocycles. The van der Waals surface area contributed by atoms with Crippen molar-refractivity contribution in [2.75, 3.05) is 7.05 Å². The molecule has 2 amide bonds. The van der Waals surface area contributed by atoms with E-state index >= 15 is 0 Å². The quantitative estimate of drug-likeness (QED) is 0.923. The first-order valence-corrected chi connectivity index (χ1v) is 7.60. The Morgan fingerprint density at radius 3 is 2.30 bits per heavy atom. The van der Waals surface area contributed by atoms with Crippen LogP contribution in [0.2, 0.25) is 0 Å². The summed E-state index contributed by atoms with van der Waals surface area (Å²) in [5, 5.41) is 2.74. The second kappa shape index (κ2) is 7.58. The standard InChI is InChI=1S/C19H22N2O2/c1-14-6-4-5-7-18(14)13-21(3)19(23)17-10-8-16(9-11-17)12-20-15(2)22/h4-11H,12-13H2,1-3H3,(H,20,22). The molecule has 1 N–H and O–H groups in total. The average Bonchev–Trinajstić information content (AvgIpc) is 2.54. The Hall–Kier alpha value is -2.62. The van der Waals surface area contributed by atoms with Gasteiger partial charge >= 0.3 is 0 Å². The fourth-order valence-electron chi connectivity index (χ4n) is 2.33. The van der Waals surface area contributed by atoms with Gasteiger partial charge in [-0.05, 0) is 35.7 Å². The van der Waals surface area contributed by atoms with Gasteiger partial charge in [-0.1, -0.05) is 36.4 Å². The molecule has 0 aromatic heterocycles. The third-order valence-corrected chi connectivity index (χ3v) is 3.76. The van der Waals surface area contributed by atoms with Crippen LogP contribution in [0, 0.1) is 6.92 Å². The molecule has 23 heavy (non-hydrogen) atoms. The molecule has 0 radical (unpaired) electrons. The van der Waals surface area contributed by atoms with Crippen LogP contribution in [0.3, 0.4) is 0 Å². The summed E-state index contributed by atoms with van der Waals surface area (Å²) >= 11 is 0. The van der Waals surface area contributed by atoms with Gasteiger partial charge in [-0.2, -0.15) is 0 Å². The van der Waals surface area contributed by atoms with E-state index in [0.29, 0.717) is 18.7 Å². The van der Waals surface area contributed by atoms with Crippen LogP contribution in [0.4, 0.5) is 0 Å². The van der Waals surface area contributed by atoms with Crippen molar-refractivity contribution in [2.24, 2.45) is 0 Å². The number of carbonyl (C=O) groups is 2. The fraction of sp³-hybridized carbons (Fsp3) is 0.263. The average molecular weight is 310 g/mol. The molecular weight excluding hydrogens is 288 g/mol. The highest BCUT2D eigenvalue weighted by Gasteiger charge is 2.12. The molecular formula is C19H22N2O2. The summed E-state index contributed by atoms with van der Waals surface area (Å²) in [6.07, 6.45) is 0. The van der Waals surface area contributed by atoms with Crippen LogP contribution < -0.4 is 5.32 Å². The number of carbonyl (C=O) groups excluding carboxylic acids is 2. The van der Waals surface area contributed by atoms with E-state index < -0.39 is 0 Å². The van der Waals surface area contributed by atoms with Gasteiger partial charge in [0, 0.05) is 32.6 Å². The van der Waals surface area contributed by atoms with Gasteiger partial charge in [-0.3, -0.25) is 9.59 Å². The van der Waals surface area contributed by atoms with Crippen molar-refractivity contribution in [3.63, 3.8) is 0 Å². The number of benzene rings is 2. The maximum absolute atomic E-state index is 12.5. The van der Waals surface area contributed by atoms with E-state index in [1.165, 1.54) is 12.5 Å². The lowest BCUT2D eigenvalue weighted by Gasteiger charge is -2.18. The molecule has 4 heteroatoms. The Morgan fingerprint density at radius 1 is 1.04 bits per heavy atom. The Bertz CT molecular complexity index is 693. The summed E-state index contributed by atoms with van der Waals surface area (Å²) in [5.41, 5.74) is 3.94. The molecule has 0 heterocycles. The zero-order valence-electron chi connectivity index (χ0n) is 13.8. The van der Waals surface area contributed by atoms with E-state index in [4.69, 9.17) is 0 Å². The van der Waals surface area contributed by atoms with E-state index in [1.807, 2.05) is 43.3 Å². The molecule has 2 aromatic rings. The van der Waals surface area contributed by atoms with E-state index in [2.05, 4.69) is 5.32 Å². The second-order valence-corrected chi connectivity index (χ2v) is 5.69. The first kappa shape index (κ1) is 16.7. The summed E-state index contributed by atoms with van der Waals surface area (Å²) in [5.74, 6) is -0.0811. The normalized spacial score (nSPS) is 10.2. The third-order valence-electron chi connectivity index (χ3n) is 3.76. The monoisotopic (exact) mass is 310 g/mol. The van der Waals surface area contributed by atoms with Crippen LogP contribution >= 0.6 is 0 Å². The lowest BCUT2D eigenvalue weighted by molar-refractivity contribution is -0.119. The lowest BCUT2D eigenvalue weighted by atomic mass is 10.1. The molecule has 0 unspecified atom stereocenters. The van der Waals surface area contributed by atoms with Crippen LogP contribution in [0.25, 0.3) is 0 Å². The topological polar surface area (TPSA) is 49.4 Å². The number of nitrogens with one attached hydrogen (secondary N) is 1. The third kappa shape index (κ3) is 4.68. The number of nitrogens with zero attached hydrogens (tertiary/aromatic N) is 1. The molecule has 0 bridgehead atoms. The summed E-state index contributed by atoms with van der Waals surface area (Å²) in [4.78, 5) is 25.1. The highest BCUT2D eigenvalue weighted by molar-refractivity contribution is 5.94. The molecule has 4 nitrogen and oxygen atoms in total. The smallest absolute Gasteiger partial charge is 0.253 e. The van der Waals surface area contributed by atoms with E-state index in [0.717, 1.165) is 11.1 Å². The van der Waals surface area contributed by atoms with Gasteiger partial charge in [-0.25, -0.2) is 0 Å². The predicted octanol–water partition coefficient (Wildman–Crippen LogP) is 2.90. The molecule has 0 saturated heterocycles. The molecule has 0 atom stereocenters. The maximum Gasteiger partial charge on any atom is 0.253 e. The first-order valence-electron chi connectivity index (χ1n) is 7.60. The van der Waals surface area contributed by atoms with E-state index in [9.17, 15) is 9.59 Å². The minimum atomic E-state index is -0.0666. The molecule has 120 valence electrons. The van der Waals surface area contributed by atoms with Crippen molar-refractivity contribution >= 4 is 11.8 Å². The van der Waals surface area contributed by atoms with Gasteiger partial charge < -0.3 is 10.2 Å². The lowest BCUT2D eigenvalue weighted by Crippen LogP contribution is -2.26. The van der Waals surface area contributed by atoms with Crippen molar-refractivity contribution < 1.29 is 9.59 Å². The van der Waals surface area contributed by atoms with Gasteiger partial charge in [-0.15, -0.1) is 0 Å². The number of aryl methyl sites for hydroxylation is 1. The fourth-order valence-corrected chi connectivity index (χ4v) is 2.33. The summed E-state index contributed by atoms with van der Waals surface area (Å²) in [6, 6.07) is 15.4. The molecule has 2 rings (SSSR count). The van der Waals surface area contributed by atoms with Crippen LogP contribution in [0.5, 0.6) is 0 Å². The van der Waals surface area contributed by atoms with Crippen molar-refractivity contribution in [1.29, 1.82) is 0 Å². The zero-order chi connectivity index (χ0) is 16.8. The van der Waals surface area contributed by atoms with Crippen LogP contribution in [0.15, 0.2) is 48.5 Å². The van der Waals surface area contributed by atoms with Crippen molar-refractivity contribution in [2.45, 2.75) is 26.9 Å². The highest BCUT2D eigenvalue weighted by Crippen LogP contribution is 2.13. The van der Waals surface area contributed by atoms with Crippen molar-refractivity contribution in [1.82, 2.24) is 10.2 Å². The van der Waals surface area contributed by atoms with Gasteiger partial charge in [0.25, 0.3) is 5.91 Å². The molecule has 0 spiro atoms. The van der Waals surface area contributed by atoms with Gasteiger partial charge in [0.15, 0.2) is 0 Å². The summed E-state index contributed by atoms with van der Waals surface area (Å²) < 4.78 is 0. The zero-order valence-corrected chi connectivity index (χ0v) is 13.8. The minimum Gasteiger partial charge on any atom is -0.352 e. The Balaban J connectivity index is 2.02.